The molecule has 0 saturated heterocycles. The van der Waals surface area contributed by atoms with Crippen LogP contribution in [0.25, 0.3) is 0 Å². The molecule has 0 aromatic carbocycles. The Balaban J connectivity index is 2.86. The van der Waals surface area contributed by atoms with Crippen LogP contribution >= 0.6 is 0 Å². The third-order valence-corrected chi connectivity index (χ3v) is 9.48. The maximum atomic E-state index is 12.9. The second-order valence-electron chi connectivity index (χ2n) is 15.6. The monoisotopic (exact) mass is 743 g/mol. The second kappa shape index (κ2) is 25.1. The van der Waals surface area contributed by atoms with Crippen molar-refractivity contribution in [1.29, 1.82) is 0 Å². The van der Waals surface area contributed by atoms with Crippen LogP contribution in [-0.2, 0) is 19.1 Å². The van der Waals surface area contributed by atoms with E-state index in [4.69, 9.17) is 9.47 Å². The fraction of sp³-hybridized carbons (Fsp3) is 0.636. The highest BCUT2D eigenvalue weighted by atomic mass is 16.5. The van der Waals surface area contributed by atoms with Crippen LogP contribution in [0.5, 0.6) is 0 Å². The standard InChI is InChI=1S/C44H70O9/c1-28(13-11-14-29(2)25-39(48)40(49)27-37(10)46)21-30(3)18-20-44(51)52-41-15-12-16-43(50)53-42(19-17-31(4)22-34(41)7)35(8)24-32(5)23-33(6)38(47)26-36(9)45/h11,13-14,17-18,20-21,23,25,33-42,45-49H,12,15-16,19,22,24,26-27H2,1-10H3/b14-11+,20-18+,28-13+,29-25+,30-21-,31-17+,32-23+/t33-,34-,35-,36-,37-,38-,39-,40+,41-,42-/m0/s1. The lowest BCUT2D eigenvalue weighted by Crippen LogP contribution is -2.28. The van der Waals surface area contributed by atoms with Gasteiger partial charge in [0.1, 0.15) is 12.2 Å². The molecule has 1 heterocycles. The highest BCUT2D eigenvalue weighted by molar-refractivity contribution is 5.82. The van der Waals surface area contributed by atoms with Crippen LogP contribution < -0.4 is 0 Å². The fourth-order valence-electron chi connectivity index (χ4n) is 6.52. The molecule has 1 rings (SSSR count). The molecule has 1 aliphatic heterocycles. The molecule has 0 aromatic heterocycles. The van der Waals surface area contributed by atoms with Gasteiger partial charge in [-0.15, -0.1) is 0 Å². The van der Waals surface area contributed by atoms with Crippen molar-refractivity contribution >= 4 is 11.9 Å². The van der Waals surface area contributed by atoms with Gasteiger partial charge in [-0.25, -0.2) is 4.79 Å². The zero-order valence-electron chi connectivity index (χ0n) is 34.0. The molecule has 9 heteroatoms. The maximum absolute atomic E-state index is 12.9. The lowest BCUT2D eigenvalue weighted by Gasteiger charge is -2.27. The Hall–Kier alpha value is -3.08. The summed E-state index contributed by atoms with van der Waals surface area (Å²) in [5.41, 5.74) is 4.84. The summed E-state index contributed by atoms with van der Waals surface area (Å²) in [4.78, 5) is 25.9. The molecule has 0 amide bonds. The van der Waals surface area contributed by atoms with E-state index >= 15 is 0 Å². The Labute approximate surface area is 319 Å². The summed E-state index contributed by atoms with van der Waals surface area (Å²) in [6.45, 7) is 19.1. The van der Waals surface area contributed by atoms with Gasteiger partial charge in [0.15, 0.2) is 0 Å². The van der Waals surface area contributed by atoms with Crippen molar-refractivity contribution in [3.8, 4) is 0 Å². The van der Waals surface area contributed by atoms with Gasteiger partial charge in [0, 0.05) is 31.3 Å². The van der Waals surface area contributed by atoms with Gasteiger partial charge in [0.2, 0.25) is 0 Å². The van der Waals surface area contributed by atoms with E-state index in [9.17, 15) is 35.1 Å². The lowest BCUT2D eigenvalue weighted by molar-refractivity contribution is -0.152. The highest BCUT2D eigenvalue weighted by Crippen LogP contribution is 2.27. The molecule has 0 spiro atoms. The first-order valence-corrected chi connectivity index (χ1v) is 19.3. The van der Waals surface area contributed by atoms with Crippen LogP contribution in [0.3, 0.4) is 0 Å². The summed E-state index contributed by atoms with van der Waals surface area (Å²) < 4.78 is 11.9. The van der Waals surface area contributed by atoms with Gasteiger partial charge in [-0.2, -0.15) is 0 Å². The Morgan fingerprint density at radius 1 is 0.906 bits per heavy atom. The van der Waals surface area contributed by atoms with Crippen LogP contribution in [0.4, 0.5) is 0 Å². The Morgan fingerprint density at radius 3 is 2.19 bits per heavy atom. The molecule has 53 heavy (non-hydrogen) atoms. The quantitative estimate of drug-likeness (QED) is 0.0440. The molecule has 0 aromatic rings. The molecule has 0 bridgehead atoms. The molecule has 0 fully saturated rings. The molecule has 9 nitrogen and oxygen atoms in total. The number of ether oxygens (including phenoxy) is 2. The predicted octanol–water partition coefficient (Wildman–Crippen LogP) is 7.54. The third-order valence-electron chi connectivity index (χ3n) is 9.48. The number of aliphatic hydroxyl groups is 5. The smallest absolute Gasteiger partial charge is 0.331 e. The first-order valence-electron chi connectivity index (χ1n) is 19.3. The molecule has 5 N–H and O–H groups in total. The number of aliphatic hydroxyl groups excluding tert-OH is 5. The normalized spacial score (nSPS) is 25.7. The lowest BCUT2D eigenvalue weighted by atomic mass is 9.89. The zero-order chi connectivity index (χ0) is 40.2. The predicted molar refractivity (Wildman–Crippen MR) is 213 cm³/mol. The van der Waals surface area contributed by atoms with Crippen molar-refractivity contribution in [3.05, 3.63) is 82.5 Å². The van der Waals surface area contributed by atoms with Crippen LogP contribution in [0.2, 0.25) is 0 Å². The number of cyclic esters (lactones) is 1. The van der Waals surface area contributed by atoms with Gasteiger partial charge >= 0.3 is 11.9 Å². The minimum Gasteiger partial charge on any atom is -0.462 e. The summed E-state index contributed by atoms with van der Waals surface area (Å²) in [6, 6.07) is 0. The molecule has 1 aliphatic rings. The second-order valence-corrected chi connectivity index (χ2v) is 15.6. The van der Waals surface area contributed by atoms with Crippen LogP contribution in [-0.4, -0.2) is 80.2 Å². The van der Waals surface area contributed by atoms with Gasteiger partial charge < -0.3 is 35.0 Å². The van der Waals surface area contributed by atoms with E-state index in [2.05, 4.69) is 26.8 Å². The molecule has 0 saturated carbocycles. The summed E-state index contributed by atoms with van der Waals surface area (Å²) in [6.07, 6.45) is 15.5. The fourth-order valence-corrected chi connectivity index (χ4v) is 6.52. The van der Waals surface area contributed by atoms with Crippen LogP contribution in [0.15, 0.2) is 82.5 Å². The van der Waals surface area contributed by atoms with E-state index in [-0.39, 0.29) is 48.8 Å². The van der Waals surface area contributed by atoms with Gasteiger partial charge in [-0.05, 0) is 92.4 Å². The maximum Gasteiger partial charge on any atom is 0.331 e. The molecule has 0 radical (unpaired) electrons. The van der Waals surface area contributed by atoms with Gasteiger partial charge in [-0.1, -0.05) is 97.2 Å². The highest BCUT2D eigenvalue weighted by Gasteiger charge is 2.26. The molecular formula is C44H70O9. The Bertz CT molecular complexity index is 1350. The van der Waals surface area contributed by atoms with Crippen LogP contribution in [0.1, 0.15) is 121 Å². The minimum atomic E-state index is -1.07. The summed E-state index contributed by atoms with van der Waals surface area (Å²) in [5.74, 6) is -0.659. The average molecular weight is 743 g/mol. The zero-order valence-corrected chi connectivity index (χ0v) is 34.0. The number of esters is 2. The summed E-state index contributed by atoms with van der Waals surface area (Å²) in [5, 5.41) is 49.4. The number of hydrogen-bond acceptors (Lipinski definition) is 9. The molecule has 0 aliphatic carbocycles. The number of rotatable bonds is 17. The molecular weight excluding hydrogens is 672 g/mol. The van der Waals surface area contributed by atoms with E-state index < -0.39 is 36.5 Å². The van der Waals surface area contributed by atoms with Crippen molar-refractivity contribution in [2.45, 2.75) is 163 Å². The van der Waals surface area contributed by atoms with Crippen molar-refractivity contribution in [2.24, 2.45) is 17.8 Å². The number of allylic oxidation sites excluding steroid dienone is 10. The number of hydrogen-bond donors (Lipinski definition) is 5. The molecule has 10 atom stereocenters. The Kier molecular flexibility index (Phi) is 22.7. The van der Waals surface area contributed by atoms with Crippen LogP contribution in [0, 0.1) is 17.8 Å². The van der Waals surface area contributed by atoms with Crippen molar-refractivity contribution < 1.29 is 44.6 Å². The van der Waals surface area contributed by atoms with Gasteiger partial charge in [0.25, 0.3) is 0 Å². The third kappa shape index (κ3) is 21.4. The van der Waals surface area contributed by atoms with E-state index in [1.807, 2.05) is 65.0 Å². The summed E-state index contributed by atoms with van der Waals surface area (Å²) in [7, 11) is 0. The average Bonchev–Trinajstić information content (AvgIpc) is 3.03. The van der Waals surface area contributed by atoms with E-state index in [1.54, 1.807) is 26.0 Å². The number of carbonyl (C=O) groups excluding carboxylic acids is 2. The first-order chi connectivity index (χ1) is 24.8. The SMILES string of the molecule is CC(=C/C(C)=C/C=C/C(C)=C/[C@H](O)[C@H](O)C[C@H](C)O)/C=C/C(=O)O[C@H]1CCCC(=O)O[C@H]([C@@H](C)C/C(C)=C/[C@H](C)[C@@H](O)C[C@H](C)O)C/C=C(\C)C[C@@H]1C. The minimum absolute atomic E-state index is 0.0587. The number of carbonyl (C=O) groups is 2. The van der Waals surface area contributed by atoms with E-state index in [0.717, 1.165) is 40.7 Å². The largest absolute Gasteiger partial charge is 0.462 e. The van der Waals surface area contributed by atoms with E-state index in [0.29, 0.717) is 25.7 Å². The van der Waals surface area contributed by atoms with E-state index in [1.165, 1.54) is 6.08 Å². The topological polar surface area (TPSA) is 154 Å². The van der Waals surface area contributed by atoms with Gasteiger partial charge in [0.05, 0.1) is 30.5 Å². The van der Waals surface area contributed by atoms with Crippen molar-refractivity contribution in [1.82, 2.24) is 0 Å². The molecule has 300 valence electrons. The summed E-state index contributed by atoms with van der Waals surface area (Å²) >= 11 is 0. The first kappa shape index (κ1) is 47.9. The van der Waals surface area contributed by atoms with Crippen molar-refractivity contribution in [2.75, 3.05) is 0 Å². The Morgan fingerprint density at radius 2 is 1.55 bits per heavy atom. The van der Waals surface area contributed by atoms with Gasteiger partial charge in [-0.3, -0.25) is 4.79 Å². The molecule has 0 unspecified atom stereocenters. The van der Waals surface area contributed by atoms with Crippen molar-refractivity contribution in [3.63, 3.8) is 0 Å².